The maximum atomic E-state index is 14.8. The first-order valence-electron chi connectivity index (χ1n) is 13.6. The molecule has 1 heterocycles. The van der Waals surface area contributed by atoms with Gasteiger partial charge >= 0.3 is 6.61 Å². The molecule has 0 radical (unpaired) electrons. The van der Waals surface area contributed by atoms with E-state index < -0.39 is 58.1 Å². The molecule has 240 valence electrons. The van der Waals surface area contributed by atoms with Crippen molar-refractivity contribution in [3.63, 3.8) is 0 Å². The Bertz CT molecular complexity index is 1600. The van der Waals surface area contributed by atoms with Crippen LogP contribution in [0.25, 0.3) is 11.5 Å². The van der Waals surface area contributed by atoms with Crippen molar-refractivity contribution in [2.75, 3.05) is 13.2 Å². The predicted molar refractivity (Wildman–Crippen MR) is 153 cm³/mol. The summed E-state index contributed by atoms with van der Waals surface area (Å²) >= 11 is 0. The third-order valence-corrected chi connectivity index (χ3v) is 8.87. The summed E-state index contributed by atoms with van der Waals surface area (Å²) in [6.45, 7) is -1.66. The van der Waals surface area contributed by atoms with E-state index in [0.29, 0.717) is 31.4 Å². The van der Waals surface area contributed by atoms with Crippen LogP contribution in [0.2, 0.25) is 0 Å². The van der Waals surface area contributed by atoms with Crippen LogP contribution in [-0.2, 0) is 10.0 Å². The molecular formula is C28H31ClF4N4O6S. The van der Waals surface area contributed by atoms with E-state index in [9.17, 15) is 30.8 Å². The van der Waals surface area contributed by atoms with E-state index in [4.69, 9.17) is 14.9 Å². The van der Waals surface area contributed by atoms with Gasteiger partial charge < -0.3 is 24.9 Å². The first-order chi connectivity index (χ1) is 20.4. The third kappa shape index (κ3) is 8.20. The fourth-order valence-corrected chi connectivity index (χ4v) is 5.70. The summed E-state index contributed by atoms with van der Waals surface area (Å²) in [7, 11) is -3.71. The average molecular weight is 663 g/mol. The molecule has 1 aromatic heterocycles. The Kier molecular flexibility index (Phi) is 10.4. The van der Waals surface area contributed by atoms with Gasteiger partial charge in [-0.3, -0.25) is 4.79 Å². The lowest BCUT2D eigenvalue weighted by Gasteiger charge is -2.20. The molecule has 2 aliphatic rings. The molecule has 16 heteroatoms. The van der Waals surface area contributed by atoms with Gasteiger partial charge in [0, 0.05) is 23.7 Å². The topological polar surface area (TPSA) is 146 Å². The fourth-order valence-electron chi connectivity index (χ4n) is 4.31. The van der Waals surface area contributed by atoms with Crippen LogP contribution in [-0.4, -0.2) is 44.3 Å². The van der Waals surface area contributed by atoms with E-state index in [1.807, 2.05) is 0 Å². The molecule has 2 aliphatic carbocycles. The lowest BCUT2D eigenvalue weighted by molar-refractivity contribution is -0.0515. The molecule has 0 bridgehead atoms. The maximum Gasteiger partial charge on any atom is 0.387 e. The quantitative estimate of drug-likeness (QED) is 0.205. The van der Waals surface area contributed by atoms with Crippen LogP contribution < -0.4 is 25.2 Å². The SMILES string of the molecule is C[C@H](N)c1oc(-c2ccc(OC(F)F)c(OCC3CC3)c2)nc1C(=O)N[C@H](CNS(=O)(=O)C1CC1)c1ccc(F)cc1F.Cl. The van der Waals surface area contributed by atoms with Gasteiger partial charge in [0.1, 0.15) is 11.6 Å². The van der Waals surface area contributed by atoms with Crippen LogP contribution >= 0.6 is 12.4 Å². The van der Waals surface area contributed by atoms with Crippen molar-refractivity contribution in [3.8, 4) is 23.0 Å². The van der Waals surface area contributed by atoms with Gasteiger partial charge in [-0.15, -0.1) is 12.4 Å². The minimum absolute atomic E-state index is 0. The number of nitrogens with one attached hydrogen (secondary N) is 2. The number of hydrogen-bond acceptors (Lipinski definition) is 8. The lowest BCUT2D eigenvalue weighted by atomic mass is 10.1. The zero-order valence-electron chi connectivity index (χ0n) is 23.4. The number of amides is 1. The van der Waals surface area contributed by atoms with Crippen LogP contribution in [0, 0.1) is 17.6 Å². The molecule has 1 amide bonds. The van der Waals surface area contributed by atoms with E-state index in [1.54, 1.807) is 0 Å². The van der Waals surface area contributed by atoms with Gasteiger partial charge in [0.2, 0.25) is 15.9 Å². The third-order valence-electron chi connectivity index (χ3n) is 6.96. The van der Waals surface area contributed by atoms with Gasteiger partial charge in [-0.05, 0) is 62.8 Å². The highest BCUT2D eigenvalue weighted by atomic mass is 35.5. The van der Waals surface area contributed by atoms with Crippen molar-refractivity contribution in [1.82, 2.24) is 15.0 Å². The Morgan fingerprint density at radius 2 is 1.84 bits per heavy atom. The van der Waals surface area contributed by atoms with E-state index in [-0.39, 0.29) is 52.4 Å². The summed E-state index contributed by atoms with van der Waals surface area (Å²) in [5.41, 5.74) is 5.89. The zero-order valence-corrected chi connectivity index (χ0v) is 25.0. The number of nitrogens with two attached hydrogens (primary N) is 1. The standard InChI is InChI=1S/C28H30F4N4O6S.ClH/c1-14(33)25-24(36-27(42-25)16-4-9-22(41-28(31)32)23(10-16)40-13-15-2-3-15)26(37)35-21(12-34-43(38,39)18-6-7-18)19-8-5-17(29)11-20(19)30;/h4-5,8-11,14-15,18,21,28,34H,2-3,6-7,12-13,33H2,1H3,(H,35,37);1H/t14-,21+;/m0./s1. The number of sulfonamides is 1. The molecule has 10 nitrogen and oxygen atoms in total. The summed E-state index contributed by atoms with van der Waals surface area (Å²) in [4.78, 5) is 17.8. The Balaban J connectivity index is 0.00000442. The van der Waals surface area contributed by atoms with E-state index in [0.717, 1.165) is 25.0 Å². The molecule has 0 unspecified atom stereocenters. The molecule has 3 aromatic rings. The van der Waals surface area contributed by atoms with Crippen LogP contribution in [0.1, 0.15) is 66.5 Å². The summed E-state index contributed by atoms with van der Waals surface area (Å²) in [5, 5.41) is 1.98. The monoisotopic (exact) mass is 662 g/mol. The number of aromatic nitrogens is 1. The van der Waals surface area contributed by atoms with Crippen molar-refractivity contribution in [2.24, 2.45) is 11.7 Å². The number of ether oxygens (including phenoxy) is 2. The Morgan fingerprint density at radius 1 is 1.11 bits per heavy atom. The van der Waals surface area contributed by atoms with Gasteiger partial charge in [-0.2, -0.15) is 8.78 Å². The second-order valence-corrected chi connectivity index (χ2v) is 12.6. The first-order valence-corrected chi connectivity index (χ1v) is 15.2. The number of oxazole rings is 1. The second kappa shape index (κ2) is 13.7. The summed E-state index contributed by atoms with van der Waals surface area (Å²) < 4.78 is 97.6. The normalized spacial score (nSPS) is 16.2. The molecule has 4 N–H and O–H groups in total. The molecule has 2 saturated carbocycles. The summed E-state index contributed by atoms with van der Waals surface area (Å²) in [5.74, 6) is -2.68. The molecule has 0 saturated heterocycles. The van der Waals surface area contributed by atoms with E-state index in [1.165, 1.54) is 25.1 Å². The van der Waals surface area contributed by atoms with Crippen molar-refractivity contribution in [3.05, 3.63) is 65.1 Å². The van der Waals surface area contributed by atoms with Crippen LogP contribution in [0.15, 0.2) is 40.8 Å². The Labute approximate surface area is 257 Å². The number of rotatable bonds is 14. The van der Waals surface area contributed by atoms with Gasteiger partial charge in [-0.1, -0.05) is 6.07 Å². The average Bonchev–Trinajstić information content (AvgIpc) is 3.88. The molecule has 2 atom stereocenters. The van der Waals surface area contributed by atoms with Crippen molar-refractivity contribution in [1.29, 1.82) is 0 Å². The van der Waals surface area contributed by atoms with Crippen molar-refractivity contribution in [2.45, 2.75) is 56.6 Å². The number of alkyl halides is 2. The highest BCUT2D eigenvalue weighted by molar-refractivity contribution is 7.90. The van der Waals surface area contributed by atoms with Gasteiger partial charge in [0.25, 0.3) is 5.91 Å². The predicted octanol–water partition coefficient (Wildman–Crippen LogP) is 5.00. The molecule has 2 aromatic carbocycles. The van der Waals surface area contributed by atoms with Gasteiger partial charge in [0.15, 0.2) is 23.0 Å². The molecule has 0 aliphatic heterocycles. The lowest BCUT2D eigenvalue weighted by Crippen LogP contribution is -2.39. The number of hydrogen-bond donors (Lipinski definition) is 3. The van der Waals surface area contributed by atoms with Crippen LogP contribution in [0.4, 0.5) is 17.6 Å². The van der Waals surface area contributed by atoms with Crippen LogP contribution in [0.3, 0.4) is 0 Å². The minimum atomic E-state index is -3.71. The van der Waals surface area contributed by atoms with Crippen molar-refractivity contribution >= 4 is 28.3 Å². The Hall–Kier alpha value is -3.40. The van der Waals surface area contributed by atoms with E-state index in [2.05, 4.69) is 19.8 Å². The number of nitrogens with zero attached hydrogens (tertiary/aromatic N) is 1. The maximum absolute atomic E-state index is 14.8. The summed E-state index contributed by atoms with van der Waals surface area (Å²) in [6.07, 6.45) is 2.90. The molecule has 5 rings (SSSR count). The van der Waals surface area contributed by atoms with Gasteiger partial charge in [0.05, 0.1) is 23.9 Å². The first kappa shape index (κ1) is 33.5. The smallest absolute Gasteiger partial charge is 0.387 e. The number of carbonyl (C=O) groups is 1. The van der Waals surface area contributed by atoms with Gasteiger partial charge in [-0.25, -0.2) is 26.9 Å². The van der Waals surface area contributed by atoms with Crippen molar-refractivity contribution < 1.29 is 44.7 Å². The highest BCUT2D eigenvalue weighted by Gasteiger charge is 2.36. The molecular weight excluding hydrogens is 632 g/mol. The molecule has 2 fully saturated rings. The fraction of sp³-hybridized carbons (Fsp3) is 0.429. The molecule has 0 spiro atoms. The number of benzene rings is 2. The largest absolute Gasteiger partial charge is 0.489 e. The minimum Gasteiger partial charge on any atom is -0.489 e. The summed E-state index contributed by atoms with van der Waals surface area (Å²) in [6, 6.07) is 4.66. The zero-order chi connectivity index (χ0) is 30.9. The van der Waals surface area contributed by atoms with E-state index >= 15 is 0 Å². The Morgan fingerprint density at radius 3 is 2.45 bits per heavy atom. The molecule has 44 heavy (non-hydrogen) atoms. The number of carbonyl (C=O) groups excluding carboxylic acids is 1. The second-order valence-electron chi connectivity index (χ2n) is 10.6. The highest BCUT2D eigenvalue weighted by Crippen LogP contribution is 2.37. The number of halogens is 5. The van der Waals surface area contributed by atoms with Crippen LogP contribution in [0.5, 0.6) is 11.5 Å².